The Kier molecular flexibility index (Phi) is 102. The molecule has 6 heteroatoms. The monoisotopic (exact) mass is 154 g/mol. The molecule has 3 nitrogen and oxygen atoms in total. The zero-order valence-electron chi connectivity index (χ0n) is 5.21. The summed E-state index contributed by atoms with van der Waals surface area (Å²) in [6.07, 6.45) is 0.750. The van der Waals surface area contributed by atoms with Crippen LogP contribution < -0.4 is 59.1 Å². The van der Waals surface area contributed by atoms with E-state index < -0.39 is 12.3 Å². The fourth-order valence-electron chi connectivity index (χ4n) is 0. The third-order valence-corrected chi connectivity index (χ3v) is 0. The molecule has 8 heavy (non-hydrogen) atoms. The largest absolute Gasteiger partial charge is 1.00 e. The first kappa shape index (κ1) is 22.5. The molecule has 0 saturated carbocycles. The summed E-state index contributed by atoms with van der Waals surface area (Å²) in [5, 5.41) is 0. The molecule has 0 aliphatic carbocycles. The predicted octanol–water partition coefficient (Wildman–Crippen LogP) is -5.81. The Labute approximate surface area is 97.2 Å². The van der Waals surface area contributed by atoms with E-state index in [1.54, 1.807) is 0 Å². The Balaban J connectivity index is -0.0000000160. The summed E-state index contributed by atoms with van der Waals surface area (Å²) in [6.45, 7) is 1.44. The second kappa shape index (κ2) is 36.3. The first-order valence-electron chi connectivity index (χ1n) is 1.15. The average molecular weight is 154 g/mol. The van der Waals surface area contributed by atoms with Crippen LogP contribution in [-0.2, 0) is 4.79 Å². The van der Waals surface area contributed by atoms with Gasteiger partial charge in [0.25, 0.3) is 0 Å². The van der Waals surface area contributed by atoms with Gasteiger partial charge in [-0.3, -0.25) is 0 Å². The Hall–Kier alpha value is 1.94. The maximum Gasteiger partial charge on any atom is 1.00 e. The molecule has 0 heterocycles. The van der Waals surface area contributed by atoms with Gasteiger partial charge >= 0.3 is 59.1 Å². The maximum absolute atomic E-state index is 8.81. The van der Waals surface area contributed by atoms with E-state index in [0.717, 1.165) is 6.29 Å². The third-order valence-electron chi connectivity index (χ3n) is 0. The van der Waals surface area contributed by atoms with Crippen molar-refractivity contribution in [3.8, 4) is 0 Å². The number of carbonyl (C=O) groups excluding carboxylic acids is 1. The SMILES string of the molecule is CC=O.[Na+].[Na+].[O-]S[O-]. The van der Waals surface area contributed by atoms with Gasteiger partial charge in [-0.15, -0.1) is 0 Å². The van der Waals surface area contributed by atoms with Gasteiger partial charge in [-0.05, 0) is 6.92 Å². The van der Waals surface area contributed by atoms with E-state index in [-0.39, 0.29) is 59.1 Å². The molecule has 0 rings (SSSR count). The van der Waals surface area contributed by atoms with Gasteiger partial charge in [0, 0.05) is 0 Å². The summed E-state index contributed by atoms with van der Waals surface area (Å²) >= 11 is -0.750. The van der Waals surface area contributed by atoms with Gasteiger partial charge in [-0.1, -0.05) is 0 Å². The van der Waals surface area contributed by atoms with E-state index in [1.165, 1.54) is 6.92 Å². The summed E-state index contributed by atoms with van der Waals surface area (Å²) < 4.78 is 16.6. The molecular weight excluding hydrogens is 150 g/mol. The van der Waals surface area contributed by atoms with Crippen molar-refractivity contribution in [1.82, 2.24) is 0 Å². The molecule has 0 saturated heterocycles. The van der Waals surface area contributed by atoms with Gasteiger partial charge in [0.15, 0.2) is 0 Å². The van der Waals surface area contributed by atoms with Gasteiger partial charge in [0.2, 0.25) is 0 Å². The molecule has 0 aliphatic rings. The molecule has 0 unspecified atom stereocenters. The van der Waals surface area contributed by atoms with Gasteiger partial charge in [-0.2, -0.15) is 0 Å². The maximum atomic E-state index is 8.81. The van der Waals surface area contributed by atoms with E-state index >= 15 is 0 Å². The van der Waals surface area contributed by atoms with Gasteiger partial charge in [0.1, 0.15) is 6.29 Å². The van der Waals surface area contributed by atoms with Crippen LogP contribution in [0.1, 0.15) is 6.92 Å². The third kappa shape index (κ3) is 102. The van der Waals surface area contributed by atoms with E-state index in [9.17, 15) is 0 Å². The van der Waals surface area contributed by atoms with Crippen molar-refractivity contribution in [2.45, 2.75) is 6.92 Å². The number of hydrogen-bond acceptors (Lipinski definition) is 4. The van der Waals surface area contributed by atoms with Gasteiger partial charge < -0.3 is 26.2 Å². The summed E-state index contributed by atoms with van der Waals surface area (Å²) in [4.78, 5) is 8.81. The molecule has 0 radical (unpaired) electrons. The van der Waals surface area contributed by atoms with Crippen LogP contribution in [0.25, 0.3) is 0 Å². The van der Waals surface area contributed by atoms with E-state index in [2.05, 4.69) is 0 Å². The molecule has 0 aromatic carbocycles. The summed E-state index contributed by atoms with van der Waals surface area (Å²) in [7, 11) is 0. The van der Waals surface area contributed by atoms with E-state index in [4.69, 9.17) is 13.9 Å². The van der Waals surface area contributed by atoms with Crippen molar-refractivity contribution in [3.05, 3.63) is 0 Å². The molecule has 0 aromatic heterocycles. The van der Waals surface area contributed by atoms with Crippen molar-refractivity contribution in [3.63, 3.8) is 0 Å². The topological polar surface area (TPSA) is 63.2 Å². The van der Waals surface area contributed by atoms with E-state index in [0.29, 0.717) is 0 Å². The first-order valence-corrected chi connectivity index (χ1v) is 1.81. The Morgan fingerprint density at radius 1 is 1.38 bits per heavy atom. The first-order chi connectivity index (χ1) is 2.83. The Bertz CT molecular complexity index is 29.2. The van der Waals surface area contributed by atoms with Crippen molar-refractivity contribution >= 4 is 18.6 Å². The quantitative estimate of drug-likeness (QED) is 0.198. The minimum Gasteiger partial charge on any atom is -0.811 e. The summed E-state index contributed by atoms with van der Waals surface area (Å²) in [6, 6.07) is 0. The molecule has 0 bridgehead atoms. The molecule has 0 spiro atoms. The zero-order valence-corrected chi connectivity index (χ0v) is 10.0. The van der Waals surface area contributed by atoms with Crippen molar-refractivity contribution < 1.29 is 73.0 Å². The minimum absolute atomic E-state index is 0. The smallest absolute Gasteiger partial charge is 0.811 e. The molecule has 0 aliphatic heterocycles. The normalized spacial score (nSPS) is 3.88. The standard InChI is InChI=1S/C2H4O.2Na.H2O2S/c1-2-3;;;1-3-2/h2H,1H3;;;1-2H/q;2*+1;/p-2. The number of hydrogen-bond donors (Lipinski definition) is 0. The van der Waals surface area contributed by atoms with Crippen LogP contribution in [0.5, 0.6) is 0 Å². The van der Waals surface area contributed by atoms with Crippen LogP contribution in [0.2, 0.25) is 0 Å². The number of rotatable bonds is 0. The number of carbonyl (C=O) groups is 1. The Morgan fingerprint density at radius 2 is 1.38 bits per heavy atom. The molecule has 0 atom stereocenters. The van der Waals surface area contributed by atoms with Gasteiger partial charge in [-0.25, -0.2) is 0 Å². The molecule has 0 fully saturated rings. The van der Waals surface area contributed by atoms with Crippen molar-refractivity contribution in [2.24, 2.45) is 0 Å². The zero-order chi connectivity index (χ0) is 5.41. The minimum atomic E-state index is -0.750. The number of aldehydes is 1. The average Bonchev–Trinajstić information content (AvgIpc) is 1.39. The second-order valence-electron chi connectivity index (χ2n) is 0.304. The van der Waals surface area contributed by atoms with Crippen LogP contribution in [-0.4, -0.2) is 15.4 Å². The molecule has 0 N–H and O–H groups in total. The molecule has 0 amide bonds. The molecular formula is C2H4Na2O3S. The van der Waals surface area contributed by atoms with Crippen LogP contribution in [0.3, 0.4) is 0 Å². The predicted molar refractivity (Wildman–Crippen MR) is 20.9 cm³/mol. The summed E-state index contributed by atoms with van der Waals surface area (Å²) in [5.74, 6) is 0. The van der Waals surface area contributed by atoms with Crippen LogP contribution in [0, 0.1) is 0 Å². The summed E-state index contributed by atoms with van der Waals surface area (Å²) in [5.41, 5.74) is 0. The van der Waals surface area contributed by atoms with Crippen molar-refractivity contribution in [2.75, 3.05) is 0 Å². The Morgan fingerprint density at radius 3 is 1.38 bits per heavy atom. The van der Waals surface area contributed by atoms with Crippen molar-refractivity contribution in [1.29, 1.82) is 0 Å². The van der Waals surface area contributed by atoms with Crippen LogP contribution in [0.4, 0.5) is 0 Å². The fraction of sp³-hybridized carbons (Fsp3) is 0.500. The van der Waals surface area contributed by atoms with Gasteiger partial charge in [0.05, 0.1) is 0 Å². The molecule has 38 valence electrons. The van der Waals surface area contributed by atoms with Crippen LogP contribution >= 0.6 is 12.3 Å². The fourth-order valence-corrected chi connectivity index (χ4v) is 0. The molecule has 0 aromatic rings. The van der Waals surface area contributed by atoms with Crippen LogP contribution in [0.15, 0.2) is 0 Å². The second-order valence-corrected chi connectivity index (χ2v) is 0.440. The van der Waals surface area contributed by atoms with E-state index in [1.807, 2.05) is 0 Å².